The normalized spacial score (nSPS) is 11.2. The SMILES string of the molecule is O=C(COc1ccc(Br)c(F)c1)NCC(F)(F)F. The zero-order valence-corrected chi connectivity index (χ0v) is 10.4. The summed E-state index contributed by atoms with van der Waals surface area (Å²) in [6.07, 6.45) is -4.47. The monoisotopic (exact) mass is 329 g/mol. The largest absolute Gasteiger partial charge is 0.484 e. The minimum atomic E-state index is -4.47. The zero-order chi connectivity index (χ0) is 13.8. The van der Waals surface area contributed by atoms with Crippen molar-refractivity contribution in [1.82, 2.24) is 5.32 Å². The summed E-state index contributed by atoms with van der Waals surface area (Å²) in [6, 6.07) is 3.75. The number of nitrogens with one attached hydrogen (secondary N) is 1. The lowest BCUT2D eigenvalue weighted by atomic mass is 10.3. The summed E-state index contributed by atoms with van der Waals surface area (Å²) in [5, 5.41) is 1.63. The topological polar surface area (TPSA) is 38.3 Å². The van der Waals surface area contributed by atoms with E-state index in [2.05, 4.69) is 15.9 Å². The van der Waals surface area contributed by atoms with E-state index in [-0.39, 0.29) is 10.2 Å². The molecule has 0 unspecified atom stereocenters. The van der Waals surface area contributed by atoms with E-state index in [1.807, 2.05) is 0 Å². The van der Waals surface area contributed by atoms with Crippen LogP contribution in [0.25, 0.3) is 0 Å². The second-order valence-corrected chi connectivity index (χ2v) is 4.11. The van der Waals surface area contributed by atoms with Crippen LogP contribution in [0.1, 0.15) is 0 Å². The molecule has 0 aliphatic heterocycles. The van der Waals surface area contributed by atoms with Crippen molar-refractivity contribution in [3.63, 3.8) is 0 Å². The fourth-order valence-corrected chi connectivity index (χ4v) is 1.21. The molecule has 0 atom stereocenters. The van der Waals surface area contributed by atoms with Gasteiger partial charge in [-0.15, -0.1) is 0 Å². The maximum Gasteiger partial charge on any atom is 0.405 e. The van der Waals surface area contributed by atoms with Crippen LogP contribution in [-0.2, 0) is 4.79 Å². The molecule has 1 amide bonds. The van der Waals surface area contributed by atoms with Crippen LogP contribution in [0, 0.1) is 5.82 Å². The number of carbonyl (C=O) groups excluding carboxylic acids is 1. The van der Waals surface area contributed by atoms with Gasteiger partial charge in [-0.05, 0) is 28.1 Å². The minimum Gasteiger partial charge on any atom is -0.484 e. The van der Waals surface area contributed by atoms with Crippen molar-refractivity contribution in [2.24, 2.45) is 0 Å². The summed E-state index contributed by atoms with van der Waals surface area (Å²) in [5.74, 6) is -1.48. The van der Waals surface area contributed by atoms with Gasteiger partial charge in [0, 0.05) is 6.07 Å². The molecule has 1 N–H and O–H groups in total. The molecule has 0 bridgehead atoms. The van der Waals surface area contributed by atoms with Gasteiger partial charge in [0.2, 0.25) is 0 Å². The smallest absolute Gasteiger partial charge is 0.405 e. The van der Waals surface area contributed by atoms with E-state index in [4.69, 9.17) is 4.74 Å². The van der Waals surface area contributed by atoms with Crippen LogP contribution >= 0.6 is 15.9 Å². The van der Waals surface area contributed by atoms with Gasteiger partial charge in [-0.1, -0.05) is 0 Å². The number of ether oxygens (including phenoxy) is 1. The van der Waals surface area contributed by atoms with Gasteiger partial charge in [0.1, 0.15) is 18.1 Å². The average Bonchev–Trinajstić information content (AvgIpc) is 2.27. The fourth-order valence-electron chi connectivity index (χ4n) is 0.965. The van der Waals surface area contributed by atoms with Crippen LogP contribution in [0.2, 0.25) is 0 Å². The van der Waals surface area contributed by atoms with E-state index >= 15 is 0 Å². The van der Waals surface area contributed by atoms with E-state index in [1.54, 1.807) is 5.32 Å². The Morgan fingerprint density at radius 2 is 2.06 bits per heavy atom. The lowest BCUT2D eigenvalue weighted by molar-refractivity contribution is -0.139. The third-order valence-electron chi connectivity index (χ3n) is 1.75. The van der Waals surface area contributed by atoms with E-state index in [0.29, 0.717) is 0 Å². The highest BCUT2D eigenvalue weighted by Crippen LogP contribution is 2.20. The summed E-state index contributed by atoms with van der Waals surface area (Å²) in [6.45, 7) is -2.04. The van der Waals surface area contributed by atoms with Gasteiger partial charge in [-0.25, -0.2) is 4.39 Å². The number of carbonyl (C=O) groups is 1. The minimum absolute atomic E-state index is 0.0536. The van der Waals surface area contributed by atoms with Crippen LogP contribution in [0.4, 0.5) is 17.6 Å². The number of hydrogen-bond donors (Lipinski definition) is 1. The van der Waals surface area contributed by atoms with E-state index in [1.165, 1.54) is 12.1 Å². The van der Waals surface area contributed by atoms with Crippen LogP contribution in [0.15, 0.2) is 22.7 Å². The molecule has 0 aliphatic carbocycles. The molecule has 1 aromatic rings. The Kier molecular flexibility index (Phi) is 4.94. The number of hydrogen-bond acceptors (Lipinski definition) is 2. The molecule has 0 spiro atoms. The van der Waals surface area contributed by atoms with Crippen molar-refractivity contribution < 1.29 is 27.1 Å². The molecule has 0 radical (unpaired) electrons. The molecule has 3 nitrogen and oxygen atoms in total. The molecule has 0 fully saturated rings. The highest BCUT2D eigenvalue weighted by atomic mass is 79.9. The van der Waals surface area contributed by atoms with Gasteiger partial charge < -0.3 is 10.1 Å². The first-order valence-electron chi connectivity index (χ1n) is 4.69. The summed E-state index contributed by atoms with van der Waals surface area (Å²) in [4.78, 5) is 11.0. The Morgan fingerprint density at radius 1 is 1.39 bits per heavy atom. The number of amides is 1. The number of benzene rings is 1. The van der Waals surface area contributed by atoms with Crippen LogP contribution in [-0.4, -0.2) is 25.2 Å². The third-order valence-corrected chi connectivity index (χ3v) is 2.39. The molecule has 1 rings (SSSR count). The first kappa shape index (κ1) is 14.7. The van der Waals surface area contributed by atoms with Crippen molar-refractivity contribution in [2.45, 2.75) is 6.18 Å². The summed E-state index contributed by atoms with van der Waals surface area (Å²) in [5.41, 5.74) is 0. The van der Waals surface area contributed by atoms with Gasteiger partial charge in [0.25, 0.3) is 5.91 Å². The van der Waals surface area contributed by atoms with E-state index in [9.17, 15) is 22.4 Å². The molecule has 18 heavy (non-hydrogen) atoms. The van der Waals surface area contributed by atoms with Gasteiger partial charge in [0.05, 0.1) is 4.47 Å². The fraction of sp³-hybridized carbons (Fsp3) is 0.300. The predicted molar refractivity (Wildman–Crippen MR) is 58.7 cm³/mol. The number of halogens is 5. The molecular weight excluding hydrogens is 322 g/mol. The van der Waals surface area contributed by atoms with Gasteiger partial charge in [0.15, 0.2) is 6.61 Å². The van der Waals surface area contributed by atoms with Crippen molar-refractivity contribution in [1.29, 1.82) is 0 Å². The Labute approximate surface area is 108 Å². The molecule has 0 aromatic heterocycles. The molecule has 1 aromatic carbocycles. The van der Waals surface area contributed by atoms with Crippen molar-refractivity contribution in [3.05, 3.63) is 28.5 Å². The summed E-state index contributed by atoms with van der Waals surface area (Å²) < 4.78 is 53.4. The Morgan fingerprint density at radius 3 is 2.61 bits per heavy atom. The molecule has 100 valence electrons. The van der Waals surface area contributed by atoms with Crippen molar-refractivity contribution >= 4 is 21.8 Å². The van der Waals surface area contributed by atoms with Crippen LogP contribution in [0.3, 0.4) is 0 Å². The standard InChI is InChI=1S/C10H8BrF4NO2/c11-7-2-1-6(3-8(7)12)18-4-9(17)16-5-10(13,14)15/h1-3H,4-5H2,(H,16,17). The summed E-state index contributed by atoms with van der Waals surface area (Å²) in [7, 11) is 0. The molecule has 0 saturated heterocycles. The van der Waals surface area contributed by atoms with Gasteiger partial charge in [-0.2, -0.15) is 13.2 Å². The molecule has 8 heteroatoms. The van der Waals surface area contributed by atoms with Crippen molar-refractivity contribution in [2.75, 3.05) is 13.2 Å². The van der Waals surface area contributed by atoms with Gasteiger partial charge in [-0.3, -0.25) is 4.79 Å². The van der Waals surface area contributed by atoms with E-state index < -0.39 is 31.1 Å². The molecule has 0 heterocycles. The maximum absolute atomic E-state index is 13.0. The highest BCUT2D eigenvalue weighted by Gasteiger charge is 2.27. The lowest BCUT2D eigenvalue weighted by Crippen LogP contribution is -2.36. The van der Waals surface area contributed by atoms with Crippen LogP contribution < -0.4 is 10.1 Å². The van der Waals surface area contributed by atoms with Gasteiger partial charge >= 0.3 is 6.18 Å². The number of alkyl halides is 3. The second kappa shape index (κ2) is 6.03. The zero-order valence-electron chi connectivity index (χ0n) is 8.85. The third kappa shape index (κ3) is 5.35. The van der Waals surface area contributed by atoms with Crippen molar-refractivity contribution in [3.8, 4) is 5.75 Å². The molecule has 0 aliphatic rings. The predicted octanol–water partition coefficient (Wildman–Crippen LogP) is 2.65. The Bertz CT molecular complexity index is 436. The highest BCUT2D eigenvalue weighted by molar-refractivity contribution is 9.10. The second-order valence-electron chi connectivity index (χ2n) is 3.26. The van der Waals surface area contributed by atoms with Crippen LogP contribution in [0.5, 0.6) is 5.75 Å². The first-order valence-corrected chi connectivity index (χ1v) is 5.48. The molecule has 0 saturated carbocycles. The summed E-state index contributed by atoms with van der Waals surface area (Å²) >= 11 is 2.92. The quantitative estimate of drug-likeness (QED) is 0.862. The first-order chi connectivity index (χ1) is 8.28. The average molecular weight is 330 g/mol. The maximum atomic E-state index is 13.0. The number of rotatable bonds is 4. The Balaban J connectivity index is 2.40. The van der Waals surface area contributed by atoms with E-state index in [0.717, 1.165) is 6.07 Å². The Hall–Kier alpha value is -1.31. The molecular formula is C10H8BrF4NO2. The lowest BCUT2D eigenvalue weighted by Gasteiger charge is -2.09.